The molecule has 4 N–H and O–H groups in total. The number of aromatic nitrogens is 4. The number of carbonyl (C=O) groups excluding carboxylic acids is 1. The lowest BCUT2D eigenvalue weighted by Gasteiger charge is -2.43. The molecule has 3 aliphatic rings. The van der Waals surface area contributed by atoms with Gasteiger partial charge in [0, 0.05) is 62.8 Å². The van der Waals surface area contributed by atoms with Crippen molar-refractivity contribution in [1.82, 2.24) is 35.1 Å². The zero-order valence-corrected chi connectivity index (χ0v) is 27.4. The fraction of sp³-hybridized carbons (Fsp3) is 0.500. The van der Waals surface area contributed by atoms with Gasteiger partial charge in [0.1, 0.15) is 17.4 Å². The van der Waals surface area contributed by atoms with Crippen LogP contribution in [-0.2, 0) is 13.0 Å². The van der Waals surface area contributed by atoms with Crippen LogP contribution in [0, 0.1) is 11.3 Å². The molecule has 2 atom stereocenters. The van der Waals surface area contributed by atoms with Crippen molar-refractivity contribution in [2.45, 2.75) is 76.3 Å². The second-order valence-corrected chi connectivity index (χ2v) is 14.2. The SMILES string of the molecule is O=C(NCC(Cc1ncc[nH]1)C(c1ccc(CN2CCC3(CCN(C4CCCCC4)CC3)C2)cc1)c1ncc[nH]1)c1ccccc1O. The van der Waals surface area contributed by atoms with Crippen LogP contribution in [0.15, 0.2) is 73.3 Å². The molecule has 0 radical (unpaired) electrons. The fourth-order valence-corrected chi connectivity index (χ4v) is 8.52. The molecule has 4 aromatic rings. The Hall–Kier alpha value is -3.95. The second kappa shape index (κ2) is 14.4. The summed E-state index contributed by atoms with van der Waals surface area (Å²) in [4.78, 5) is 34.4. The summed E-state index contributed by atoms with van der Waals surface area (Å²) >= 11 is 0. The summed E-state index contributed by atoms with van der Waals surface area (Å²) in [7, 11) is 0. The number of nitrogens with zero attached hydrogens (tertiary/aromatic N) is 4. The number of aromatic hydroxyl groups is 1. The Morgan fingerprint density at radius 3 is 2.40 bits per heavy atom. The summed E-state index contributed by atoms with van der Waals surface area (Å²) in [6.45, 7) is 6.33. The first kappa shape index (κ1) is 31.6. The first-order valence-corrected chi connectivity index (χ1v) is 17.6. The van der Waals surface area contributed by atoms with Crippen LogP contribution in [-0.4, -0.2) is 79.5 Å². The summed E-state index contributed by atoms with van der Waals surface area (Å²) in [5, 5.41) is 13.3. The van der Waals surface area contributed by atoms with Crippen molar-refractivity contribution in [1.29, 1.82) is 0 Å². The number of hydrogen-bond acceptors (Lipinski definition) is 6. The minimum atomic E-state index is -0.302. The number of para-hydroxylation sites is 1. The molecule has 0 bridgehead atoms. The Balaban J connectivity index is 1.03. The van der Waals surface area contributed by atoms with Crippen molar-refractivity contribution in [3.8, 4) is 5.75 Å². The summed E-state index contributed by atoms with van der Waals surface area (Å²) in [6, 6.07) is 16.5. The van der Waals surface area contributed by atoms with Gasteiger partial charge in [0.2, 0.25) is 0 Å². The predicted octanol–water partition coefficient (Wildman–Crippen LogP) is 5.88. The summed E-state index contributed by atoms with van der Waals surface area (Å²) in [6.07, 6.45) is 18.9. The van der Waals surface area contributed by atoms with Gasteiger partial charge in [0.25, 0.3) is 5.91 Å². The van der Waals surface area contributed by atoms with Crippen molar-refractivity contribution in [3.63, 3.8) is 0 Å². The van der Waals surface area contributed by atoms with Crippen LogP contribution >= 0.6 is 0 Å². The topological polar surface area (TPSA) is 113 Å². The molecule has 47 heavy (non-hydrogen) atoms. The molecular formula is C38H49N7O2. The molecule has 2 unspecified atom stereocenters. The van der Waals surface area contributed by atoms with Gasteiger partial charge in [-0.25, -0.2) is 9.97 Å². The number of nitrogens with one attached hydrogen (secondary N) is 3. The molecule has 7 rings (SSSR count). The number of phenols is 1. The molecule has 2 aromatic heterocycles. The molecule has 3 fully saturated rings. The number of benzene rings is 2. The molecule has 1 spiro atoms. The monoisotopic (exact) mass is 635 g/mol. The zero-order valence-electron chi connectivity index (χ0n) is 27.4. The molecule has 1 amide bonds. The predicted molar refractivity (Wildman–Crippen MR) is 183 cm³/mol. The fourth-order valence-electron chi connectivity index (χ4n) is 8.52. The van der Waals surface area contributed by atoms with Gasteiger partial charge in [0.15, 0.2) is 0 Å². The van der Waals surface area contributed by atoms with Crippen molar-refractivity contribution in [2.24, 2.45) is 11.3 Å². The Kier molecular flexibility index (Phi) is 9.72. The van der Waals surface area contributed by atoms with Gasteiger partial charge in [-0.15, -0.1) is 0 Å². The normalized spacial score (nSPS) is 20.3. The van der Waals surface area contributed by atoms with Gasteiger partial charge in [-0.3, -0.25) is 9.69 Å². The summed E-state index contributed by atoms with van der Waals surface area (Å²) < 4.78 is 0. The molecule has 2 saturated heterocycles. The molecule has 2 aliphatic heterocycles. The first-order valence-electron chi connectivity index (χ1n) is 17.6. The lowest BCUT2D eigenvalue weighted by atomic mass is 9.77. The Morgan fingerprint density at radius 2 is 1.68 bits per heavy atom. The molecule has 248 valence electrons. The van der Waals surface area contributed by atoms with Gasteiger partial charge < -0.3 is 25.3 Å². The van der Waals surface area contributed by atoms with E-state index in [1.807, 2.05) is 12.4 Å². The average Bonchev–Trinajstić information content (AvgIpc) is 3.90. The van der Waals surface area contributed by atoms with Crippen molar-refractivity contribution in [2.75, 3.05) is 32.7 Å². The third kappa shape index (κ3) is 7.47. The van der Waals surface area contributed by atoms with E-state index in [0.717, 1.165) is 29.8 Å². The molecule has 4 heterocycles. The van der Waals surface area contributed by atoms with Crippen LogP contribution in [0.5, 0.6) is 5.75 Å². The minimum absolute atomic E-state index is 0.0282. The number of aromatic amines is 2. The lowest BCUT2D eigenvalue weighted by molar-refractivity contribution is 0.0615. The van der Waals surface area contributed by atoms with E-state index >= 15 is 0 Å². The van der Waals surface area contributed by atoms with E-state index in [1.165, 1.54) is 89.2 Å². The van der Waals surface area contributed by atoms with E-state index in [2.05, 4.69) is 59.3 Å². The van der Waals surface area contributed by atoms with Crippen LogP contribution in [0.2, 0.25) is 0 Å². The van der Waals surface area contributed by atoms with Crippen LogP contribution in [0.4, 0.5) is 0 Å². The number of phenolic OH excluding ortho intramolecular Hbond substituents is 1. The Bertz CT molecular complexity index is 1560. The van der Waals surface area contributed by atoms with Gasteiger partial charge in [0.05, 0.1) is 5.56 Å². The molecule has 2 aromatic carbocycles. The van der Waals surface area contributed by atoms with Crippen molar-refractivity contribution in [3.05, 3.63) is 102 Å². The van der Waals surface area contributed by atoms with Crippen LogP contribution < -0.4 is 5.32 Å². The number of hydrogen-bond donors (Lipinski definition) is 4. The Labute approximate surface area is 278 Å². The standard InChI is InChI=1S/C38H49N7O2/c46-33-9-5-4-8-32(33)37(47)43-25-30(24-34-39-17-18-40-34)35(36-41-19-20-42-36)29-12-10-28(11-13-29)26-44-21-14-38(27-44)15-22-45(23-16-38)31-6-2-1-3-7-31/h4-5,8-13,17-20,30-31,35,46H,1-3,6-7,14-16,21-27H2,(H,39,40)(H,41,42)(H,43,47). The smallest absolute Gasteiger partial charge is 0.255 e. The van der Waals surface area contributed by atoms with Gasteiger partial charge in [-0.05, 0) is 86.3 Å². The van der Waals surface area contributed by atoms with E-state index in [1.54, 1.807) is 30.6 Å². The number of carbonyl (C=O) groups is 1. The van der Waals surface area contributed by atoms with Crippen LogP contribution in [0.25, 0.3) is 0 Å². The van der Waals surface area contributed by atoms with Crippen molar-refractivity contribution >= 4 is 5.91 Å². The van der Waals surface area contributed by atoms with E-state index in [-0.39, 0.29) is 29.1 Å². The second-order valence-electron chi connectivity index (χ2n) is 14.2. The average molecular weight is 636 g/mol. The molecule has 1 saturated carbocycles. The maximum absolute atomic E-state index is 13.1. The highest BCUT2D eigenvalue weighted by Gasteiger charge is 2.41. The number of amides is 1. The third-order valence-electron chi connectivity index (χ3n) is 11.2. The van der Waals surface area contributed by atoms with Crippen LogP contribution in [0.1, 0.15) is 90.4 Å². The maximum Gasteiger partial charge on any atom is 0.255 e. The van der Waals surface area contributed by atoms with Gasteiger partial charge in [-0.1, -0.05) is 55.7 Å². The largest absolute Gasteiger partial charge is 0.507 e. The van der Waals surface area contributed by atoms with Gasteiger partial charge >= 0.3 is 0 Å². The molecule has 9 heteroatoms. The number of H-pyrrole nitrogens is 2. The molecular weight excluding hydrogens is 586 g/mol. The number of imidazole rings is 2. The highest BCUT2D eigenvalue weighted by atomic mass is 16.3. The van der Waals surface area contributed by atoms with Crippen molar-refractivity contribution < 1.29 is 9.90 Å². The van der Waals surface area contributed by atoms with E-state index < -0.39 is 0 Å². The quantitative estimate of drug-likeness (QED) is 0.164. The minimum Gasteiger partial charge on any atom is -0.507 e. The highest BCUT2D eigenvalue weighted by molar-refractivity contribution is 5.96. The van der Waals surface area contributed by atoms with Crippen LogP contribution in [0.3, 0.4) is 0 Å². The number of rotatable bonds is 11. The number of likely N-dealkylation sites (tertiary alicyclic amines) is 2. The van der Waals surface area contributed by atoms with E-state index in [4.69, 9.17) is 0 Å². The Morgan fingerprint density at radius 1 is 0.936 bits per heavy atom. The maximum atomic E-state index is 13.1. The number of piperidine rings is 1. The van der Waals surface area contributed by atoms with E-state index in [9.17, 15) is 9.90 Å². The lowest BCUT2D eigenvalue weighted by Crippen LogP contribution is -2.46. The zero-order chi connectivity index (χ0) is 32.1. The third-order valence-corrected chi connectivity index (χ3v) is 11.2. The highest BCUT2D eigenvalue weighted by Crippen LogP contribution is 2.42. The first-order chi connectivity index (χ1) is 23.1. The van der Waals surface area contributed by atoms with E-state index in [0.29, 0.717) is 18.4 Å². The summed E-state index contributed by atoms with van der Waals surface area (Å²) in [5.74, 6) is 1.23. The molecule has 1 aliphatic carbocycles. The van der Waals surface area contributed by atoms with Gasteiger partial charge in [-0.2, -0.15) is 0 Å². The molecule has 9 nitrogen and oxygen atoms in total. The summed E-state index contributed by atoms with van der Waals surface area (Å²) in [5.41, 5.74) is 3.24.